The Kier molecular flexibility index (Phi) is 3.62. The summed E-state index contributed by atoms with van der Waals surface area (Å²) in [5.74, 6) is 1.24. The highest BCUT2D eigenvalue weighted by Gasteiger charge is 2.37. The molecule has 1 aliphatic heterocycles. The van der Waals surface area contributed by atoms with Gasteiger partial charge in [0, 0.05) is 12.6 Å². The lowest BCUT2D eigenvalue weighted by Crippen LogP contribution is -2.46. The maximum absolute atomic E-state index is 11.7. The van der Waals surface area contributed by atoms with Crippen LogP contribution in [0.2, 0.25) is 0 Å². The molecule has 1 rings (SSSR count). The van der Waals surface area contributed by atoms with Gasteiger partial charge in [-0.1, -0.05) is 0 Å². The van der Waals surface area contributed by atoms with Gasteiger partial charge < -0.3 is 11.1 Å². The van der Waals surface area contributed by atoms with Crippen LogP contribution < -0.4 is 11.1 Å². The molecule has 1 aliphatic rings. The fourth-order valence-corrected chi connectivity index (χ4v) is 2.61. The Labute approximate surface area is 83.8 Å². The Hall–Kier alpha value is -0.220. The number of thioether (sulfide) groups is 1. The summed E-state index contributed by atoms with van der Waals surface area (Å²) in [7, 11) is 0. The first-order chi connectivity index (χ1) is 6.08. The minimum atomic E-state index is -0.205. The lowest BCUT2D eigenvalue weighted by atomic mass is 10.0. The zero-order chi connectivity index (χ0) is 9.90. The molecule has 0 aliphatic carbocycles. The zero-order valence-electron chi connectivity index (χ0n) is 8.30. The number of nitrogens with one attached hydrogen (secondary N) is 1. The second-order valence-corrected chi connectivity index (χ2v) is 5.39. The second kappa shape index (κ2) is 4.33. The SMILES string of the molecule is CC(CN)NC(=O)C1(C)CCCS1. The molecule has 0 saturated carbocycles. The third-order valence-electron chi connectivity index (χ3n) is 2.43. The van der Waals surface area contributed by atoms with E-state index in [0.717, 1.165) is 18.6 Å². The molecule has 4 heteroatoms. The smallest absolute Gasteiger partial charge is 0.236 e. The van der Waals surface area contributed by atoms with Crippen molar-refractivity contribution in [2.75, 3.05) is 12.3 Å². The van der Waals surface area contributed by atoms with Gasteiger partial charge in [0.2, 0.25) is 5.91 Å². The molecule has 3 N–H and O–H groups in total. The van der Waals surface area contributed by atoms with E-state index in [1.54, 1.807) is 11.8 Å². The predicted octanol–water partition coefficient (Wildman–Crippen LogP) is 0.735. The van der Waals surface area contributed by atoms with Gasteiger partial charge in [-0.05, 0) is 32.4 Å². The summed E-state index contributed by atoms with van der Waals surface area (Å²) >= 11 is 1.75. The molecule has 2 atom stereocenters. The molecule has 0 bridgehead atoms. The number of nitrogens with two attached hydrogens (primary N) is 1. The minimum absolute atomic E-state index is 0.0884. The fourth-order valence-electron chi connectivity index (χ4n) is 1.39. The quantitative estimate of drug-likeness (QED) is 0.709. The van der Waals surface area contributed by atoms with E-state index < -0.39 is 0 Å². The van der Waals surface area contributed by atoms with Gasteiger partial charge >= 0.3 is 0 Å². The molecule has 0 aromatic carbocycles. The van der Waals surface area contributed by atoms with Crippen LogP contribution in [0.15, 0.2) is 0 Å². The zero-order valence-corrected chi connectivity index (χ0v) is 9.12. The Bertz CT molecular complexity index is 190. The van der Waals surface area contributed by atoms with Crippen LogP contribution in [0.4, 0.5) is 0 Å². The fraction of sp³-hybridized carbons (Fsp3) is 0.889. The average Bonchev–Trinajstić information content (AvgIpc) is 2.53. The highest BCUT2D eigenvalue weighted by atomic mass is 32.2. The molecule has 13 heavy (non-hydrogen) atoms. The second-order valence-electron chi connectivity index (χ2n) is 3.79. The summed E-state index contributed by atoms with van der Waals surface area (Å²) in [5, 5.41) is 2.93. The van der Waals surface area contributed by atoms with Gasteiger partial charge in [-0.3, -0.25) is 4.79 Å². The molecule has 1 amide bonds. The van der Waals surface area contributed by atoms with Crippen LogP contribution in [0.1, 0.15) is 26.7 Å². The molecule has 0 spiro atoms. The molecule has 0 radical (unpaired) electrons. The number of carbonyl (C=O) groups is 1. The molecular weight excluding hydrogens is 184 g/mol. The van der Waals surface area contributed by atoms with Crippen molar-refractivity contribution in [1.82, 2.24) is 5.32 Å². The first-order valence-corrected chi connectivity index (χ1v) is 5.72. The Morgan fingerprint density at radius 3 is 2.92 bits per heavy atom. The van der Waals surface area contributed by atoms with E-state index in [-0.39, 0.29) is 16.7 Å². The van der Waals surface area contributed by atoms with Crippen molar-refractivity contribution in [3.8, 4) is 0 Å². The largest absolute Gasteiger partial charge is 0.351 e. The first-order valence-electron chi connectivity index (χ1n) is 4.73. The van der Waals surface area contributed by atoms with Crippen molar-refractivity contribution in [1.29, 1.82) is 0 Å². The van der Waals surface area contributed by atoms with Crippen LogP contribution >= 0.6 is 11.8 Å². The molecule has 2 unspecified atom stereocenters. The van der Waals surface area contributed by atoms with Crippen LogP contribution in [-0.2, 0) is 4.79 Å². The van der Waals surface area contributed by atoms with Crippen molar-refractivity contribution in [3.05, 3.63) is 0 Å². The van der Waals surface area contributed by atoms with Crippen LogP contribution in [-0.4, -0.2) is 29.0 Å². The van der Waals surface area contributed by atoms with Gasteiger partial charge in [0.1, 0.15) is 0 Å². The summed E-state index contributed by atoms with van der Waals surface area (Å²) in [4.78, 5) is 11.7. The van der Waals surface area contributed by atoms with E-state index in [1.165, 1.54) is 0 Å². The molecule has 0 aromatic heterocycles. The minimum Gasteiger partial charge on any atom is -0.351 e. The van der Waals surface area contributed by atoms with Gasteiger partial charge in [-0.2, -0.15) is 0 Å². The van der Waals surface area contributed by atoms with E-state index >= 15 is 0 Å². The van der Waals surface area contributed by atoms with Crippen molar-refractivity contribution >= 4 is 17.7 Å². The highest BCUT2D eigenvalue weighted by molar-refractivity contribution is 8.01. The normalized spacial score (nSPS) is 30.1. The van der Waals surface area contributed by atoms with Crippen molar-refractivity contribution in [3.63, 3.8) is 0 Å². The molecule has 1 saturated heterocycles. The van der Waals surface area contributed by atoms with Gasteiger partial charge in [0.05, 0.1) is 4.75 Å². The molecule has 0 aromatic rings. The summed E-state index contributed by atoms with van der Waals surface area (Å²) in [6, 6.07) is 0.0884. The van der Waals surface area contributed by atoms with E-state index in [0.29, 0.717) is 6.54 Å². The molecule has 3 nitrogen and oxygen atoms in total. The van der Waals surface area contributed by atoms with Gasteiger partial charge in [0.15, 0.2) is 0 Å². The van der Waals surface area contributed by atoms with Crippen molar-refractivity contribution < 1.29 is 4.79 Å². The average molecular weight is 202 g/mol. The maximum atomic E-state index is 11.7. The number of hydrogen-bond donors (Lipinski definition) is 2. The van der Waals surface area contributed by atoms with Crippen LogP contribution in [0.5, 0.6) is 0 Å². The lowest BCUT2D eigenvalue weighted by molar-refractivity contribution is -0.123. The molecular formula is C9H18N2OS. The van der Waals surface area contributed by atoms with Crippen molar-refractivity contribution in [2.45, 2.75) is 37.5 Å². The van der Waals surface area contributed by atoms with E-state index in [4.69, 9.17) is 5.73 Å². The van der Waals surface area contributed by atoms with Gasteiger partial charge in [0.25, 0.3) is 0 Å². The first kappa shape index (κ1) is 10.9. The van der Waals surface area contributed by atoms with Gasteiger partial charge in [-0.15, -0.1) is 11.8 Å². The van der Waals surface area contributed by atoms with Crippen molar-refractivity contribution in [2.24, 2.45) is 5.73 Å². The molecule has 76 valence electrons. The van der Waals surface area contributed by atoms with E-state index in [2.05, 4.69) is 5.32 Å². The Morgan fingerprint density at radius 2 is 2.46 bits per heavy atom. The number of amides is 1. The van der Waals surface area contributed by atoms with Gasteiger partial charge in [-0.25, -0.2) is 0 Å². The third kappa shape index (κ3) is 2.61. The summed E-state index contributed by atoms with van der Waals surface area (Å²) in [6.07, 6.45) is 2.13. The van der Waals surface area contributed by atoms with Crippen LogP contribution in [0, 0.1) is 0 Å². The third-order valence-corrected chi connectivity index (χ3v) is 3.95. The maximum Gasteiger partial charge on any atom is 0.236 e. The molecule has 1 fully saturated rings. The lowest BCUT2D eigenvalue weighted by Gasteiger charge is -2.23. The van der Waals surface area contributed by atoms with E-state index in [1.807, 2.05) is 13.8 Å². The highest BCUT2D eigenvalue weighted by Crippen LogP contribution is 2.37. The Balaban J connectivity index is 2.46. The summed E-state index contributed by atoms with van der Waals surface area (Å²) < 4.78 is -0.205. The standard InChI is InChI=1S/C9H18N2OS/c1-7(6-10)11-8(12)9(2)4-3-5-13-9/h7H,3-6,10H2,1-2H3,(H,11,12). The Morgan fingerprint density at radius 1 is 1.77 bits per heavy atom. The number of carbonyl (C=O) groups excluding carboxylic acids is 1. The number of rotatable bonds is 3. The van der Waals surface area contributed by atoms with E-state index in [9.17, 15) is 4.79 Å². The monoisotopic (exact) mass is 202 g/mol. The van der Waals surface area contributed by atoms with Crippen LogP contribution in [0.25, 0.3) is 0 Å². The predicted molar refractivity (Wildman–Crippen MR) is 56.8 cm³/mol. The topological polar surface area (TPSA) is 55.1 Å². The summed E-state index contributed by atoms with van der Waals surface area (Å²) in [5.41, 5.74) is 5.44. The summed E-state index contributed by atoms with van der Waals surface area (Å²) in [6.45, 7) is 4.45. The molecule has 1 heterocycles. The van der Waals surface area contributed by atoms with Crippen LogP contribution in [0.3, 0.4) is 0 Å². The number of hydrogen-bond acceptors (Lipinski definition) is 3.